The Morgan fingerprint density at radius 1 is 1.53 bits per heavy atom. The molecule has 0 aliphatic carbocycles. The number of anilines is 1. The maximum atomic E-state index is 3.33. The molecule has 90 valence electrons. The van der Waals surface area contributed by atoms with Crippen molar-refractivity contribution in [3.8, 4) is 0 Å². The summed E-state index contributed by atoms with van der Waals surface area (Å²) in [5.74, 6) is 0. The second kappa shape index (κ2) is 11.3. The van der Waals surface area contributed by atoms with Crippen LogP contribution < -0.4 is 4.67 Å². The molecule has 0 aromatic heterocycles. The van der Waals surface area contributed by atoms with Crippen LogP contribution in [-0.2, 0) is 6.42 Å². The van der Waals surface area contributed by atoms with Gasteiger partial charge in [0.05, 0.1) is 3.39 Å². The summed E-state index contributed by atoms with van der Waals surface area (Å²) in [6, 6.07) is 9.39. The van der Waals surface area contributed by atoms with Crippen molar-refractivity contribution in [2.24, 2.45) is 0 Å². The maximum absolute atomic E-state index is 3.33. The van der Waals surface area contributed by atoms with Gasteiger partial charge in [-0.1, -0.05) is 21.9 Å². The fourth-order valence-electron chi connectivity index (χ4n) is 1.07. The molecule has 1 atom stereocenters. The molecule has 0 heterocycles. The van der Waals surface area contributed by atoms with Crippen molar-refractivity contribution in [1.29, 1.82) is 0 Å². The third kappa shape index (κ3) is 8.23. The first-order chi connectivity index (χ1) is 7.13. The minimum absolute atomic E-state index is 0. The van der Waals surface area contributed by atoms with Crippen LogP contribution in [-0.4, -0.2) is 37.7 Å². The van der Waals surface area contributed by atoms with Gasteiger partial charge in [0.1, 0.15) is 0 Å². The van der Waals surface area contributed by atoms with Crippen LogP contribution in [0.4, 0.5) is 5.69 Å². The quantitative estimate of drug-likeness (QED) is 0.406. The van der Waals surface area contributed by atoms with Crippen molar-refractivity contribution < 1.29 is 0 Å². The number of benzene rings is 1. The largest absolute Gasteiger partial charge is 2.00 e. The smallest absolute Gasteiger partial charge is 0.528 e. The fraction of sp³-hybridized carbons (Fsp3) is 0.167. The zero-order chi connectivity index (χ0) is 11.3. The number of rotatable bonds is 4. The Balaban J connectivity index is 0. The molecule has 0 saturated heterocycles. The van der Waals surface area contributed by atoms with Crippen molar-refractivity contribution in [1.82, 2.24) is 0 Å². The van der Waals surface area contributed by atoms with E-state index in [2.05, 4.69) is 65.5 Å². The van der Waals surface area contributed by atoms with Gasteiger partial charge in [-0.3, -0.25) is 0 Å². The molecule has 0 saturated carbocycles. The van der Waals surface area contributed by atoms with Gasteiger partial charge in [0.15, 0.2) is 0 Å². The number of allylic oxidation sites excluding steroid dienone is 1. The standard InChI is InChI=1S/C11H12Br2NP.CH3.Ca/c1-2-14(15)10-6-3-9(4-7-10)5-8-11(12)13;;/h2-4,6,8H,5,15H2,1H3;1H3;/q-2;-1;+2. The number of hydrogen-bond donors (Lipinski definition) is 0. The summed E-state index contributed by atoms with van der Waals surface area (Å²) in [5, 5.41) is 0. The first-order valence-electron chi connectivity index (χ1n) is 4.48. The first-order valence-corrected chi connectivity index (χ1v) is 6.59. The molecule has 0 aliphatic heterocycles. The van der Waals surface area contributed by atoms with Crippen LogP contribution in [0.15, 0.2) is 27.7 Å². The zero-order valence-electron chi connectivity index (χ0n) is 10.1. The van der Waals surface area contributed by atoms with Crippen molar-refractivity contribution >= 4 is 84.7 Å². The van der Waals surface area contributed by atoms with Gasteiger partial charge < -0.3 is 12.1 Å². The van der Waals surface area contributed by atoms with E-state index in [1.165, 1.54) is 5.56 Å². The van der Waals surface area contributed by atoms with Crippen LogP contribution in [0.25, 0.3) is 0 Å². The van der Waals surface area contributed by atoms with E-state index in [-0.39, 0.29) is 45.2 Å². The van der Waals surface area contributed by atoms with E-state index in [1.807, 2.05) is 24.2 Å². The van der Waals surface area contributed by atoms with Crippen molar-refractivity contribution in [2.75, 3.05) is 4.67 Å². The maximum Gasteiger partial charge on any atom is 2.00 e. The molecule has 0 amide bonds. The molecule has 1 unspecified atom stereocenters. The summed E-state index contributed by atoms with van der Waals surface area (Å²) in [6.45, 7) is 3.96. The van der Waals surface area contributed by atoms with Crippen molar-refractivity contribution in [3.63, 3.8) is 0 Å². The molecule has 0 aliphatic rings. The monoisotopic (exact) mass is 402 g/mol. The Morgan fingerprint density at radius 2 is 2.18 bits per heavy atom. The number of nitrogens with zero attached hydrogens (tertiary/aromatic N) is 1. The van der Waals surface area contributed by atoms with E-state index in [0.717, 1.165) is 15.5 Å². The molecule has 1 aromatic carbocycles. The van der Waals surface area contributed by atoms with Crippen molar-refractivity contribution in [2.45, 2.75) is 13.3 Å². The first kappa shape index (κ1) is 20.7. The second-order valence-corrected chi connectivity index (χ2v) is 6.27. The summed E-state index contributed by atoms with van der Waals surface area (Å²) in [5.41, 5.74) is 2.29. The topological polar surface area (TPSA) is 3.24 Å². The Labute approximate surface area is 154 Å². The predicted molar refractivity (Wildman–Crippen MR) is 89.3 cm³/mol. The van der Waals surface area contributed by atoms with Gasteiger partial charge in [0.2, 0.25) is 0 Å². The second-order valence-electron chi connectivity index (χ2n) is 2.95. The van der Waals surface area contributed by atoms with Gasteiger partial charge in [0, 0.05) is 0 Å². The van der Waals surface area contributed by atoms with Crippen LogP contribution in [0.5, 0.6) is 0 Å². The molecule has 0 fully saturated rings. The molecule has 1 nitrogen and oxygen atoms in total. The Morgan fingerprint density at radius 3 is 2.59 bits per heavy atom. The van der Waals surface area contributed by atoms with Gasteiger partial charge in [-0.05, 0) is 31.9 Å². The van der Waals surface area contributed by atoms with Gasteiger partial charge >= 0.3 is 37.7 Å². The molecule has 1 aromatic rings. The average molecular weight is 404 g/mol. The summed E-state index contributed by atoms with van der Waals surface area (Å²) in [7, 11) is 2.63. The minimum Gasteiger partial charge on any atom is -0.528 e. The molecular formula is C12H15Br2CaNP-. The molecule has 0 radical (unpaired) electrons. The minimum atomic E-state index is 0. The van der Waals surface area contributed by atoms with E-state index in [0.29, 0.717) is 0 Å². The summed E-state index contributed by atoms with van der Waals surface area (Å²) >= 11 is 6.66. The number of halogens is 2. The fourth-order valence-corrected chi connectivity index (χ4v) is 1.55. The molecule has 0 spiro atoms. The van der Waals surface area contributed by atoms with E-state index in [9.17, 15) is 0 Å². The Kier molecular flexibility index (Phi) is 13.7. The van der Waals surface area contributed by atoms with Gasteiger partial charge in [0.25, 0.3) is 0 Å². The third-order valence-corrected chi connectivity index (χ3v) is 3.13. The van der Waals surface area contributed by atoms with Gasteiger partial charge in [-0.2, -0.15) is 30.7 Å². The predicted octanol–water partition coefficient (Wildman–Crippen LogP) is 4.51. The van der Waals surface area contributed by atoms with Crippen LogP contribution in [0.2, 0.25) is 0 Å². The Hall–Kier alpha value is 1.41. The number of hydrogen-bond acceptors (Lipinski definition) is 1. The molecule has 5 heteroatoms. The SMILES string of the molecule is C[CH-]N(P)c1[c-]cc(CC=C(Br)Br)cc1.[CH3-].[Ca+2]. The molecule has 0 bridgehead atoms. The third-order valence-electron chi connectivity index (χ3n) is 1.91. The molecule has 17 heavy (non-hydrogen) atoms. The van der Waals surface area contributed by atoms with Gasteiger partial charge in [-0.25, -0.2) is 6.54 Å². The summed E-state index contributed by atoms with van der Waals surface area (Å²) in [4.78, 5) is 0. The molecule has 0 N–H and O–H groups in total. The van der Waals surface area contributed by atoms with Gasteiger partial charge in [-0.15, -0.1) is 11.8 Å². The van der Waals surface area contributed by atoms with E-state index in [1.54, 1.807) is 0 Å². The average Bonchev–Trinajstić information content (AvgIpc) is 2.26. The normalized spacial score (nSPS) is 8.71. The van der Waals surface area contributed by atoms with E-state index < -0.39 is 0 Å². The van der Waals surface area contributed by atoms with E-state index in [4.69, 9.17) is 0 Å². The van der Waals surface area contributed by atoms with E-state index >= 15 is 0 Å². The van der Waals surface area contributed by atoms with Crippen LogP contribution in [0.3, 0.4) is 0 Å². The molecule has 1 rings (SSSR count). The molecular weight excluding hydrogens is 389 g/mol. The van der Waals surface area contributed by atoms with Crippen LogP contribution >= 0.6 is 41.3 Å². The zero-order valence-corrected chi connectivity index (χ0v) is 16.6. The van der Waals surface area contributed by atoms with Crippen molar-refractivity contribution in [3.05, 3.63) is 53.3 Å². The summed E-state index contributed by atoms with van der Waals surface area (Å²) < 4.78 is 2.94. The van der Waals surface area contributed by atoms with Crippen LogP contribution in [0.1, 0.15) is 12.5 Å². The van der Waals surface area contributed by atoms with Crippen LogP contribution in [0, 0.1) is 20.0 Å². The summed E-state index contributed by atoms with van der Waals surface area (Å²) in [6.07, 6.45) is 2.96. The Bertz CT molecular complexity index is 337.